The normalized spacial score (nSPS) is 14.6. The van der Waals surface area contributed by atoms with Crippen molar-refractivity contribution in [1.82, 2.24) is 0 Å². The highest BCUT2D eigenvalue weighted by Crippen LogP contribution is 2.41. The molecule has 1 aliphatic heterocycles. The Morgan fingerprint density at radius 3 is 3.00 bits per heavy atom. The molecule has 0 spiro atoms. The van der Waals surface area contributed by atoms with Crippen LogP contribution in [0.1, 0.15) is 37.7 Å². The lowest BCUT2D eigenvalue weighted by Gasteiger charge is -2.16. The molecule has 0 radical (unpaired) electrons. The van der Waals surface area contributed by atoms with Crippen LogP contribution in [-0.4, -0.2) is 17.9 Å². The van der Waals surface area contributed by atoms with Crippen LogP contribution < -0.4 is 9.47 Å². The van der Waals surface area contributed by atoms with E-state index < -0.39 is 5.97 Å². The van der Waals surface area contributed by atoms with E-state index in [2.05, 4.69) is 6.92 Å². The Hall–Kier alpha value is -1.71. The van der Waals surface area contributed by atoms with Crippen molar-refractivity contribution >= 4 is 5.97 Å². The molecule has 4 nitrogen and oxygen atoms in total. The van der Waals surface area contributed by atoms with Gasteiger partial charge < -0.3 is 14.6 Å². The van der Waals surface area contributed by atoms with Gasteiger partial charge in [-0.05, 0) is 18.4 Å². The summed E-state index contributed by atoms with van der Waals surface area (Å²) in [6.45, 7) is 2.27. The molecular formula is C13H16O4. The van der Waals surface area contributed by atoms with E-state index in [0.29, 0.717) is 11.5 Å². The highest BCUT2D eigenvalue weighted by atomic mass is 16.7. The highest BCUT2D eigenvalue weighted by molar-refractivity contribution is 5.68. The minimum absolute atomic E-state index is 0.00542. The molecule has 0 fully saturated rings. The van der Waals surface area contributed by atoms with Gasteiger partial charge in [0.05, 0.1) is 6.42 Å². The van der Waals surface area contributed by atoms with Crippen molar-refractivity contribution in [3.8, 4) is 11.5 Å². The second kappa shape index (κ2) is 5.08. The monoisotopic (exact) mass is 236 g/mol. The van der Waals surface area contributed by atoms with Crippen LogP contribution in [0, 0.1) is 0 Å². The number of ether oxygens (including phenoxy) is 2. The van der Waals surface area contributed by atoms with Crippen LogP contribution >= 0.6 is 0 Å². The quantitative estimate of drug-likeness (QED) is 0.854. The summed E-state index contributed by atoms with van der Waals surface area (Å²) >= 11 is 0. The maximum atomic E-state index is 10.9. The Balaban J connectivity index is 2.29. The number of benzene rings is 1. The Morgan fingerprint density at radius 2 is 2.29 bits per heavy atom. The van der Waals surface area contributed by atoms with Crippen LogP contribution in [0.15, 0.2) is 18.2 Å². The molecule has 0 aliphatic carbocycles. The molecule has 2 rings (SSSR count). The van der Waals surface area contributed by atoms with Gasteiger partial charge in [-0.15, -0.1) is 0 Å². The number of carboxylic acids is 1. The Bertz CT molecular complexity index is 414. The third-order valence-electron chi connectivity index (χ3n) is 2.93. The molecule has 0 bridgehead atoms. The molecule has 0 saturated carbocycles. The van der Waals surface area contributed by atoms with Crippen LogP contribution in [0.5, 0.6) is 11.5 Å². The lowest BCUT2D eigenvalue weighted by Crippen LogP contribution is -2.07. The van der Waals surface area contributed by atoms with Gasteiger partial charge in [-0.25, -0.2) is 0 Å². The van der Waals surface area contributed by atoms with Gasteiger partial charge in [-0.3, -0.25) is 4.79 Å². The second-order valence-corrected chi connectivity index (χ2v) is 4.16. The summed E-state index contributed by atoms with van der Waals surface area (Å²) in [5, 5.41) is 8.95. The first kappa shape index (κ1) is 11.8. The van der Waals surface area contributed by atoms with Crippen molar-refractivity contribution in [2.45, 2.75) is 32.1 Å². The number of rotatable bonds is 5. The van der Waals surface area contributed by atoms with E-state index in [-0.39, 0.29) is 19.1 Å². The Morgan fingerprint density at radius 1 is 1.47 bits per heavy atom. The first-order valence-corrected chi connectivity index (χ1v) is 5.82. The molecular weight excluding hydrogens is 220 g/mol. The van der Waals surface area contributed by atoms with Crippen LogP contribution in [0.2, 0.25) is 0 Å². The van der Waals surface area contributed by atoms with Gasteiger partial charge in [0, 0.05) is 5.56 Å². The fourth-order valence-corrected chi connectivity index (χ4v) is 2.20. The van der Waals surface area contributed by atoms with E-state index in [4.69, 9.17) is 14.6 Å². The number of para-hydroxylation sites is 1. The van der Waals surface area contributed by atoms with Gasteiger partial charge in [0.25, 0.3) is 0 Å². The molecule has 1 unspecified atom stereocenters. The van der Waals surface area contributed by atoms with Crippen molar-refractivity contribution in [3.63, 3.8) is 0 Å². The zero-order chi connectivity index (χ0) is 12.3. The van der Waals surface area contributed by atoms with Gasteiger partial charge in [0.15, 0.2) is 11.5 Å². The molecule has 4 heteroatoms. The third kappa shape index (κ3) is 2.52. The van der Waals surface area contributed by atoms with Crippen molar-refractivity contribution in [2.24, 2.45) is 0 Å². The average Bonchev–Trinajstić information content (AvgIpc) is 2.75. The van der Waals surface area contributed by atoms with Crippen LogP contribution in [0.25, 0.3) is 0 Å². The molecule has 0 aromatic heterocycles. The molecule has 0 amide bonds. The molecule has 1 aliphatic rings. The number of aliphatic carboxylic acids is 1. The standard InChI is InChI=1S/C13H16O4/c1-2-4-9(7-12(14)15)10-5-3-6-11-13(10)17-8-16-11/h3,5-6,9H,2,4,7-8H2,1H3,(H,14,15). The summed E-state index contributed by atoms with van der Waals surface area (Å²) in [7, 11) is 0. The summed E-state index contributed by atoms with van der Waals surface area (Å²) < 4.78 is 10.7. The second-order valence-electron chi connectivity index (χ2n) is 4.16. The summed E-state index contributed by atoms with van der Waals surface area (Å²) in [4.78, 5) is 10.9. The van der Waals surface area contributed by atoms with Crippen molar-refractivity contribution < 1.29 is 19.4 Å². The van der Waals surface area contributed by atoms with Gasteiger partial charge in [0.1, 0.15) is 0 Å². The average molecular weight is 236 g/mol. The largest absolute Gasteiger partial charge is 0.481 e. The van der Waals surface area contributed by atoms with Crippen molar-refractivity contribution in [3.05, 3.63) is 23.8 Å². The Kier molecular flexibility index (Phi) is 3.52. The molecule has 92 valence electrons. The molecule has 1 N–H and O–H groups in total. The first-order valence-electron chi connectivity index (χ1n) is 5.82. The van der Waals surface area contributed by atoms with Crippen molar-refractivity contribution in [1.29, 1.82) is 0 Å². The lowest BCUT2D eigenvalue weighted by molar-refractivity contribution is -0.137. The van der Waals surface area contributed by atoms with Gasteiger partial charge in [-0.1, -0.05) is 25.5 Å². The Labute approximate surface area is 100 Å². The van der Waals surface area contributed by atoms with E-state index in [1.165, 1.54) is 0 Å². The van der Waals surface area contributed by atoms with Crippen LogP contribution in [0.4, 0.5) is 0 Å². The van der Waals surface area contributed by atoms with E-state index in [9.17, 15) is 4.79 Å². The lowest BCUT2D eigenvalue weighted by atomic mass is 9.90. The smallest absolute Gasteiger partial charge is 0.303 e. The summed E-state index contributed by atoms with van der Waals surface area (Å²) in [5.41, 5.74) is 0.948. The van der Waals surface area contributed by atoms with Gasteiger partial charge in [-0.2, -0.15) is 0 Å². The minimum atomic E-state index is -0.778. The molecule has 17 heavy (non-hydrogen) atoms. The maximum absolute atomic E-state index is 10.9. The summed E-state index contributed by atoms with van der Waals surface area (Å²) in [6.07, 6.45) is 1.92. The molecule has 1 heterocycles. The SMILES string of the molecule is CCCC(CC(=O)O)c1cccc2c1OCO2. The maximum Gasteiger partial charge on any atom is 0.303 e. The number of carboxylic acid groups (broad SMARTS) is 1. The fraction of sp³-hybridized carbons (Fsp3) is 0.462. The summed E-state index contributed by atoms with van der Waals surface area (Å²) in [5.74, 6) is 0.648. The van der Waals surface area contributed by atoms with E-state index in [0.717, 1.165) is 18.4 Å². The van der Waals surface area contributed by atoms with Crippen LogP contribution in [-0.2, 0) is 4.79 Å². The fourth-order valence-electron chi connectivity index (χ4n) is 2.20. The number of hydrogen-bond acceptors (Lipinski definition) is 3. The molecule has 0 saturated heterocycles. The third-order valence-corrected chi connectivity index (χ3v) is 2.93. The zero-order valence-electron chi connectivity index (χ0n) is 9.81. The molecule has 1 aromatic rings. The van der Waals surface area contributed by atoms with Crippen LogP contribution in [0.3, 0.4) is 0 Å². The topological polar surface area (TPSA) is 55.8 Å². The zero-order valence-corrected chi connectivity index (χ0v) is 9.81. The number of hydrogen-bond donors (Lipinski definition) is 1. The van der Waals surface area contributed by atoms with E-state index >= 15 is 0 Å². The van der Waals surface area contributed by atoms with Crippen molar-refractivity contribution in [2.75, 3.05) is 6.79 Å². The van der Waals surface area contributed by atoms with Gasteiger partial charge >= 0.3 is 5.97 Å². The highest BCUT2D eigenvalue weighted by Gasteiger charge is 2.24. The van der Waals surface area contributed by atoms with Gasteiger partial charge in [0.2, 0.25) is 6.79 Å². The van der Waals surface area contributed by atoms with E-state index in [1.54, 1.807) is 0 Å². The first-order chi connectivity index (χ1) is 8.22. The number of carbonyl (C=O) groups is 1. The van der Waals surface area contributed by atoms with E-state index in [1.807, 2.05) is 18.2 Å². The predicted octanol–water partition coefficient (Wildman–Crippen LogP) is 2.77. The molecule has 1 aromatic carbocycles. The predicted molar refractivity (Wildman–Crippen MR) is 62.5 cm³/mol. The number of fused-ring (bicyclic) bond motifs is 1. The molecule has 1 atom stereocenters. The minimum Gasteiger partial charge on any atom is -0.481 e. The summed E-state index contributed by atoms with van der Waals surface area (Å²) in [6, 6.07) is 5.65.